The number of carbonyl (C=O) groups is 1. The Bertz CT molecular complexity index is 812. The summed E-state index contributed by atoms with van der Waals surface area (Å²) in [5.74, 6) is 0.0688. The third-order valence-electron chi connectivity index (χ3n) is 3.75. The van der Waals surface area contributed by atoms with Gasteiger partial charge in [-0.3, -0.25) is 4.79 Å². The van der Waals surface area contributed by atoms with Gasteiger partial charge in [0.1, 0.15) is 5.17 Å². The first-order valence-electron chi connectivity index (χ1n) is 6.75. The fraction of sp³-hybridized carbons (Fsp3) is 0.176. The number of nitrogens with zero attached hydrogens (tertiary/aromatic N) is 1. The number of fused-ring (bicyclic) bond motifs is 1. The summed E-state index contributed by atoms with van der Waals surface area (Å²) >= 11 is 6.18. The smallest absolute Gasteiger partial charge is 0.161 e. The highest BCUT2D eigenvalue weighted by molar-refractivity contribution is 6.71. The average Bonchev–Trinajstić information content (AvgIpc) is 2.89. The number of carbonyl (C=O) groups excluding carboxylic acids is 1. The second-order valence-electron chi connectivity index (χ2n) is 5.20. The van der Waals surface area contributed by atoms with E-state index in [-0.39, 0.29) is 5.78 Å². The highest BCUT2D eigenvalue weighted by atomic mass is 35.5. The van der Waals surface area contributed by atoms with Crippen LogP contribution < -0.4 is 0 Å². The molecule has 21 heavy (non-hydrogen) atoms. The summed E-state index contributed by atoms with van der Waals surface area (Å²) in [7, 11) is 0. The molecule has 0 spiro atoms. The summed E-state index contributed by atoms with van der Waals surface area (Å²) in [6, 6.07) is 7.86. The van der Waals surface area contributed by atoms with E-state index in [0.717, 1.165) is 39.3 Å². The topological polar surface area (TPSA) is 45.2 Å². The van der Waals surface area contributed by atoms with E-state index in [0.29, 0.717) is 5.17 Å². The van der Waals surface area contributed by atoms with Gasteiger partial charge < -0.3 is 4.98 Å². The number of H-pyrrole nitrogens is 1. The molecule has 3 nitrogen and oxygen atoms in total. The first-order chi connectivity index (χ1) is 9.99. The number of ketones is 1. The van der Waals surface area contributed by atoms with Crippen LogP contribution in [-0.2, 0) is 0 Å². The first kappa shape index (κ1) is 13.8. The molecule has 3 rings (SSSR count). The van der Waals surface area contributed by atoms with Crippen LogP contribution in [-0.4, -0.2) is 15.9 Å². The predicted octanol–water partition coefficient (Wildman–Crippen LogP) is 4.33. The Morgan fingerprint density at radius 2 is 1.90 bits per heavy atom. The standard InChI is InChI=1S/C17H15ClN2O/c1-9-14(19-10(2)16(9)11(3)21)8-15-12-6-4-5-7-13(12)17(18)20-15/h4-8,19H,1-3H3/b15-8-. The Hall–Kier alpha value is -2.13. The van der Waals surface area contributed by atoms with Gasteiger partial charge in [0.05, 0.1) is 5.70 Å². The monoisotopic (exact) mass is 298 g/mol. The van der Waals surface area contributed by atoms with E-state index < -0.39 is 0 Å². The number of halogens is 1. The minimum absolute atomic E-state index is 0.0688. The maximum atomic E-state index is 11.7. The molecule has 1 aromatic carbocycles. The van der Waals surface area contributed by atoms with Crippen molar-refractivity contribution in [1.29, 1.82) is 0 Å². The third-order valence-corrected chi connectivity index (χ3v) is 4.04. The molecule has 1 aromatic heterocycles. The molecule has 1 aliphatic heterocycles. The minimum atomic E-state index is 0.0688. The second-order valence-corrected chi connectivity index (χ2v) is 5.56. The van der Waals surface area contributed by atoms with Crippen molar-refractivity contribution in [3.05, 3.63) is 57.9 Å². The van der Waals surface area contributed by atoms with Crippen molar-refractivity contribution in [3.8, 4) is 0 Å². The van der Waals surface area contributed by atoms with Crippen molar-refractivity contribution in [2.24, 2.45) is 4.99 Å². The van der Waals surface area contributed by atoms with Crippen LogP contribution in [0, 0.1) is 13.8 Å². The molecular formula is C17H15ClN2O. The molecule has 0 bridgehead atoms. The summed E-state index contributed by atoms with van der Waals surface area (Å²) in [6.45, 7) is 5.43. The number of nitrogens with one attached hydrogen (secondary N) is 1. The lowest BCUT2D eigenvalue weighted by Crippen LogP contribution is -1.94. The van der Waals surface area contributed by atoms with Gasteiger partial charge in [0.25, 0.3) is 0 Å². The second kappa shape index (κ2) is 5.01. The first-order valence-corrected chi connectivity index (χ1v) is 7.12. The van der Waals surface area contributed by atoms with Gasteiger partial charge in [-0.25, -0.2) is 4.99 Å². The number of Topliss-reactive ketones (excluding diaryl/α,β-unsaturated/α-hetero) is 1. The Morgan fingerprint density at radius 3 is 2.52 bits per heavy atom. The van der Waals surface area contributed by atoms with Crippen LogP contribution >= 0.6 is 11.6 Å². The zero-order chi connectivity index (χ0) is 15.1. The Kier molecular flexibility index (Phi) is 3.30. The summed E-state index contributed by atoms with van der Waals surface area (Å²) in [6.07, 6.45) is 1.95. The molecule has 1 N–H and O–H groups in total. The molecule has 0 saturated heterocycles. The molecular weight excluding hydrogens is 284 g/mol. The van der Waals surface area contributed by atoms with Crippen LogP contribution in [0.5, 0.6) is 0 Å². The largest absolute Gasteiger partial charge is 0.358 e. The van der Waals surface area contributed by atoms with E-state index >= 15 is 0 Å². The molecule has 0 fully saturated rings. The molecule has 0 radical (unpaired) electrons. The van der Waals surface area contributed by atoms with Gasteiger partial charge in [-0.05, 0) is 32.4 Å². The van der Waals surface area contributed by atoms with E-state index in [1.54, 1.807) is 6.92 Å². The van der Waals surface area contributed by atoms with Crippen molar-refractivity contribution in [3.63, 3.8) is 0 Å². The summed E-state index contributed by atoms with van der Waals surface area (Å²) in [5, 5.41) is 0.504. The Labute approximate surface area is 128 Å². The molecule has 0 saturated carbocycles. The summed E-state index contributed by atoms with van der Waals surface area (Å²) in [4.78, 5) is 19.4. The molecule has 106 valence electrons. The number of hydrogen-bond donors (Lipinski definition) is 1. The summed E-state index contributed by atoms with van der Waals surface area (Å²) < 4.78 is 0. The molecule has 4 heteroatoms. The quantitative estimate of drug-likeness (QED) is 0.824. The van der Waals surface area contributed by atoms with Crippen molar-refractivity contribution in [1.82, 2.24) is 4.98 Å². The number of benzene rings is 1. The third kappa shape index (κ3) is 2.24. The van der Waals surface area contributed by atoms with E-state index in [1.165, 1.54) is 0 Å². The van der Waals surface area contributed by atoms with Crippen LogP contribution in [0.2, 0.25) is 0 Å². The SMILES string of the molecule is CC(=O)c1c(C)[nH]c(/C=C2\N=C(Cl)c3ccccc32)c1C. The molecule has 2 aromatic rings. The lowest BCUT2D eigenvalue weighted by molar-refractivity contribution is 0.101. The molecule has 0 amide bonds. The van der Waals surface area contributed by atoms with Crippen LogP contribution in [0.25, 0.3) is 11.8 Å². The van der Waals surface area contributed by atoms with Crippen molar-refractivity contribution >= 4 is 34.3 Å². The van der Waals surface area contributed by atoms with Gasteiger partial charge in [-0.15, -0.1) is 0 Å². The highest BCUT2D eigenvalue weighted by Gasteiger charge is 2.20. The number of aryl methyl sites for hydroxylation is 1. The average molecular weight is 299 g/mol. The lowest BCUT2D eigenvalue weighted by atomic mass is 10.0. The fourth-order valence-corrected chi connectivity index (χ4v) is 3.06. The van der Waals surface area contributed by atoms with Gasteiger partial charge in [0.15, 0.2) is 5.78 Å². The van der Waals surface area contributed by atoms with Gasteiger partial charge >= 0.3 is 0 Å². The zero-order valence-corrected chi connectivity index (χ0v) is 12.9. The fourth-order valence-electron chi connectivity index (χ4n) is 2.81. The number of aromatic amines is 1. The molecule has 1 aliphatic rings. The van der Waals surface area contributed by atoms with Crippen LogP contribution in [0.4, 0.5) is 0 Å². The predicted molar refractivity (Wildman–Crippen MR) is 87.0 cm³/mol. The number of hydrogen-bond acceptors (Lipinski definition) is 2. The molecule has 0 unspecified atom stereocenters. The molecule has 2 heterocycles. The zero-order valence-electron chi connectivity index (χ0n) is 12.1. The minimum Gasteiger partial charge on any atom is -0.358 e. The number of rotatable bonds is 2. The van der Waals surface area contributed by atoms with Crippen molar-refractivity contribution in [2.75, 3.05) is 0 Å². The van der Waals surface area contributed by atoms with Gasteiger partial charge in [0, 0.05) is 28.1 Å². The van der Waals surface area contributed by atoms with Crippen LogP contribution in [0.1, 0.15) is 45.4 Å². The Morgan fingerprint density at radius 1 is 1.24 bits per heavy atom. The van der Waals surface area contributed by atoms with Crippen molar-refractivity contribution < 1.29 is 4.79 Å². The molecule has 0 atom stereocenters. The maximum Gasteiger partial charge on any atom is 0.161 e. The van der Waals surface area contributed by atoms with Gasteiger partial charge in [-0.2, -0.15) is 0 Å². The van der Waals surface area contributed by atoms with E-state index in [9.17, 15) is 4.79 Å². The Balaban J connectivity index is 2.13. The number of aliphatic imine (C=N–C) groups is 1. The summed E-state index contributed by atoms with van der Waals surface area (Å²) in [5.41, 5.74) is 6.25. The van der Waals surface area contributed by atoms with Crippen LogP contribution in [0.15, 0.2) is 29.3 Å². The van der Waals surface area contributed by atoms with E-state index in [4.69, 9.17) is 11.6 Å². The van der Waals surface area contributed by atoms with Gasteiger partial charge in [0.2, 0.25) is 0 Å². The number of aromatic nitrogens is 1. The maximum absolute atomic E-state index is 11.7. The molecule has 0 aliphatic carbocycles. The normalized spacial score (nSPS) is 15.2. The van der Waals surface area contributed by atoms with E-state index in [1.807, 2.05) is 44.2 Å². The lowest BCUT2D eigenvalue weighted by Gasteiger charge is -1.99. The van der Waals surface area contributed by atoms with E-state index in [2.05, 4.69) is 9.98 Å². The van der Waals surface area contributed by atoms with Gasteiger partial charge in [-0.1, -0.05) is 35.9 Å². The highest BCUT2D eigenvalue weighted by Crippen LogP contribution is 2.32. The van der Waals surface area contributed by atoms with Crippen LogP contribution in [0.3, 0.4) is 0 Å². The van der Waals surface area contributed by atoms with Crippen molar-refractivity contribution in [2.45, 2.75) is 20.8 Å².